The van der Waals surface area contributed by atoms with Gasteiger partial charge in [-0.15, -0.1) is 13.2 Å². The van der Waals surface area contributed by atoms with Crippen molar-refractivity contribution in [1.82, 2.24) is 4.98 Å². The van der Waals surface area contributed by atoms with Crippen molar-refractivity contribution in [2.45, 2.75) is 26.4 Å². The van der Waals surface area contributed by atoms with E-state index >= 15 is 0 Å². The van der Waals surface area contributed by atoms with Crippen molar-refractivity contribution in [3.63, 3.8) is 0 Å². The van der Waals surface area contributed by atoms with Gasteiger partial charge in [0.05, 0.1) is 6.61 Å². The standard InChI is InChI=1S/C9H11F3N2O2/c1-5-7(4-15)6(3-13)2-8(14-5)16-9(10,11)12/h2,15H,3-4,13H2,1H3. The predicted octanol–water partition coefficient (Wildman–Crippen LogP) is 1.24. The van der Waals surface area contributed by atoms with Gasteiger partial charge in [0.25, 0.3) is 0 Å². The summed E-state index contributed by atoms with van der Waals surface area (Å²) in [6.45, 7) is 1.17. The van der Waals surface area contributed by atoms with Gasteiger partial charge in [0, 0.05) is 23.9 Å². The number of aliphatic hydroxyl groups is 1. The maximum atomic E-state index is 11.9. The van der Waals surface area contributed by atoms with Gasteiger partial charge in [-0.25, -0.2) is 4.98 Å². The van der Waals surface area contributed by atoms with Crippen molar-refractivity contribution in [2.24, 2.45) is 5.73 Å². The maximum absolute atomic E-state index is 11.9. The fraction of sp³-hybridized carbons (Fsp3) is 0.444. The van der Waals surface area contributed by atoms with Gasteiger partial charge in [0.15, 0.2) is 0 Å². The van der Waals surface area contributed by atoms with Gasteiger partial charge in [0.2, 0.25) is 5.88 Å². The molecule has 0 saturated heterocycles. The van der Waals surface area contributed by atoms with Crippen molar-refractivity contribution in [3.05, 3.63) is 22.9 Å². The number of ether oxygens (including phenoxy) is 1. The number of rotatable bonds is 3. The summed E-state index contributed by atoms with van der Waals surface area (Å²) >= 11 is 0. The largest absolute Gasteiger partial charge is 0.574 e. The van der Waals surface area contributed by atoms with Crippen LogP contribution in [0, 0.1) is 6.92 Å². The Morgan fingerprint density at radius 2 is 2.12 bits per heavy atom. The molecular formula is C9H11F3N2O2. The quantitative estimate of drug-likeness (QED) is 0.828. The molecule has 3 N–H and O–H groups in total. The normalized spacial score (nSPS) is 11.6. The van der Waals surface area contributed by atoms with Crippen LogP contribution < -0.4 is 10.5 Å². The molecule has 90 valence electrons. The predicted molar refractivity (Wildman–Crippen MR) is 49.5 cm³/mol. The second-order valence-electron chi connectivity index (χ2n) is 3.09. The Morgan fingerprint density at radius 3 is 2.56 bits per heavy atom. The number of hydrogen-bond donors (Lipinski definition) is 2. The third-order valence-corrected chi connectivity index (χ3v) is 2.00. The first kappa shape index (κ1) is 12.7. The van der Waals surface area contributed by atoms with Crippen molar-refractivity contribution in [2.75, 3.05) is 0 Å². The third kappa shape index (κ3) is 3.07. The monoisotopic (exact) mass is 236 g/mol. The first-order chi connectivity index (χ1) is 7.37. The number of halogens is 3. The highest BCUT2D eigenvalue weighted by Crippen LogP contribution is 2.24. The van der Waals surface area contributed by atoms with E-state index in [1.165, 1.54) is 6.92 Å². The van der Waals surface area contributed by atoms with Gasteiger partial charge in [-0.05, 0) is 12.5 Å². The molecule has 0 fully saturated rings. The van der Waals surface area contributed by atoms with Crippen LogP contribution in [0.1, 0.15) is 16.8 Å². The number of alkyl halides is 3. The molecule has 1 heterocycles. The summed E-state index contributed by atoms with van der Waals surface area (Å²) in [5.41, 5.74) is 6.43. The minimum absolute atomic E-state index is 0.00741. The van der Waals surface area contributed by atoms with Crippen LogP contribution in [0.3, 0.4) is 0 Å². The second-order valence-corrected chi connectivity index (χ2v) is 3.09. The van der Waals surface area contributed by atoms with Crippen LogP contribution in [0.25, 0.3) is 0 Å². The molecule has 1 aromatic rings. The van der Waals surface area contributed by atoms with Crippen molar-refractivity contribution in [3.8, 4) is 5.88 Å². The highest BCUT2D eigenvalue weighted by molar-refractivity contribution is 5.34. The molecule has 0 aliphatic rings. The number of hydrogen-bond acceptors (Lipinski definition) is 4. The summed E-state index contributed by atoms with van der Waals surface area (Å²) in [6.07, 6.45) is -4.79. The van der Waals surface area contributed by atoms with E-state index < -0.39 is 12.2 Å². The topological polar surface area (TPSA) is 68.4 Å². The zero-order valence-corrected chi connectivity index (χ0v) is 8.51. The number of aryl methyl sites for hydroxylation is 1. The average Bonchev–Trinajstić information content (AvgIpc) is 2.14. The second kappa shape index (κ2) is 4.67. The molecule has 0 aromatic carbocycles. The smallest absolute Gasteiger partial charge is 0.392 e. The molecule has 0 saturated carbocycles. The van der Waals surface area contributed by atoms with E-state index in [2.05, 4.69) is 9.72 Å². The fourth-order valence-corrected chi connectivity index (χ4v) is 1.30. The molecule has 1 aromatic heterocycles. The van der Waals surface area contributed by atoms with E-state index in [1.807, 2.05) is 0 Å². The Labute approximate surface area is 89.9 Å². The van der Waals surface area contributed by atoms with Gasteiger partial charge in [-0.1, -0.05) is 0 Å². The van der Waals surface area contributed by atoms with Crippen LogP contribution in [0.2, 0.25) is 0 Å². The molecule has 16 heavy (non-hydrogen) atoms. The molecule has 0 spiro atoms. The third-order valence-electron chi connectivity index (χ3n) is 2.00. The summed E-state index contributed by atoms with van der Waals surface area (Å²) in [4.78, 5) is 3.58. The Kier molecular flexibility index (Phi) is 3.71. The molecule has 0 atom stereocenters. The Bertz CT molecular complexity index is 380. The fourth-order valence-electron chi connectivity index (χ4n) is 1.30. The Hall–Kier alpha value is -1.34. The van der Waals surface area contributed by atoms with Crippen LogP contribution in [0.5, 0.6) is 5.88 Å². The van der Waals surface area contributed by atoms with E-state index in [4.69, 9.17) is 10.8 Å². The highest BCUT2D eigenvalue weighted by Gasteiger charge is 2.32. The molecule has 0 bridgehead atoms. The average molecular weight is 236 g/mol. The van der Waals surface area contributed by atoms with Gasteiger partial charge in [0.1, 0.15) is 0 Å². The molecule has 0 aliphatic carbocycles. The number of nitrogens with zero attached hydrogens (tertiary/aromatic N) is 1. The van der Waals surface area contributed by atoms with Crippen LogP contribution in [-0.4, -0.2) is 16.5 Å². The maximum Gasteiger partial charge on any atom is 0.574 e. The molecule has 0 amide bonds. The van der Waals surface area contributed by atoms with E-state index in [0.29, 0.717) is 11.1 Å². The van der Waals surface area contributed by atoms with Gasteiger partial charge in [-0.3, -0.25) is 0 Å². The van der Waals surface area contributed by atoms with Crippen molar-refractivity contribution < 1.29 is 23.0 Å². The molecular weight excluding hydrogens is 225 g/mol. The van der Waals surface area contributed by atoms with Crippen LogP contribution in [-0.2, 0) is 13.2 Å². The Balaban J connectivity index is 3.10. The summed E-state index contributed by atoms with van der Waals surface area (Å²) < 4.78 is 39.5. The van der Waals surface area contributed by atoms with E-state index in [-0.39, 0.29) is 18.8 Å². The van der Waals surface area contributed by atoms with Crippen molar-refractivity contribution >= 4 is 0 Å². The number of aliphatic hydroxyl groups excluding tert-OH is 1. The Morgan fingerprint density at radius 1 is 1.50 bits per heavy atom. The lowest BCUT2D eigenvalue weighted by molar-refractivity contribution is -0.276. The van der Waals surface area contributed by atoms with Crippen molar-refractivity contribution in [1.29, 1.82) is 0 Å². The lowest BCUT2D eigenvalue weighted by atomic mass is 10.1. The minimum Gasteiger partial charge on any atom is -0.392 e. The first-order valence-electron chi connectivity index (χ1n) is 4.43. The minimum atomic E-state index is -4.79. The zero-order valence-electron chi connectivity index (χ0n) is 8.51. The van der Waals surface area contributed by atoms with E-state index in [0.717, 1.165) is 6.07 Å². The van der Waals surface area contributed by atoms with Gasteiger partial charge < -0.3 is 15.6 Å². The van der Waals surface area contributed by atoms with E-state index in [9.17, 15) is 13.2 Å². The summed E-state index contributed by atoms with van der Waals surface area (Å²) in [5.74, 6) is -0.567. The molecule has 0 radical (unpaired) electrons. The molecule has 0 aliphatic heterocycles. The summed E-state index contributed by atoms with van der Waals surface area (Å²) in [5, 5.41) is 9.00. The molecule has 1 rings (SSSR count). The summed E-state index contributed by atoms with van der Waals surface area (Å²) in [7, 11) is 0. The summed E-state index contributed by atoms with van der Waals surface area (Å²) in [6, 6.07) is 1.08. The van der Waals surface area contributed by atoms with Gasteiger partial charge in [-0.2, -0.15) is 0 Å². The molecule has 4 nitrogen and oxygen atoms in total. The first-order valence-corrected chi connectivity index (χ1v) is 4.43. The number of pyridine rings is 1. The molecule has 7 heteroatoms. The number of nitrogens with two attached hydrogens (primary N) is 1. The zero-order chi connectivity index (χ0) is 12.3. The SMILES string of the molecule is Cc1nc(OC(F)(F)F)cc(CN)c1CO. The molecule has 0 unspecified atom stereocenters. The number of aromatic nitrogens is 1. The lowest BCUT2D eigenvalue weighted by Gasteiger charge is -2.13. The van der Waals surface area contributed by atoms with E-state index in [1.54, 1.807) is 0 Å². The van der Waals surface area contributed by atoms with Gasteiger partial charge >= 0.3 is 6.36 Å². The van der Waals surface area contributed by atoms with Crippen LogP contribution in [0.15, 0.2) is 6.07 Å². The van der Waals surface area contributed by atoms with Crippen LogP contribution in [0.4, 0.5) is 13.2 Å². The van der Waals surface area contributed by atoms with Crippen LogP contribution >= 0.6 is 0 Å². The lowest BCUT2D eigenvalue weighted by Crippen LogP contribution is -2.19. The highest BCUT2D eigenvalue weighted by atomic mass is 19.4.